The summed E-state index contributed by atoms with van der Waals surface area (Å²) in [5.74, 6) is 0.664. The number of rotatable bonds is 12. The Morgan fingerprint density at radius 1 is 0.756 bits per heavy atom. The van der Waals surface area contributed by atoms with Gasteiger partial charge in [-0.1, -0.05) is 66.7 Å². The number of carbonyl (C=O) groups is 2. The fraction of sp³-hybridized carbons (Fsp3) is 0.212. The van der Waals surface area contributed by atoms with E-state index < -0.39 is 6.04 Å². The van der Waals surface area contributed by atoms with Crippen molar-refractivity contribution >= 4 is 11.8 Å². The maximum Gasteiger partial charge on any atom is 0.247 e. The van der Waals surface area contributed by atoms with Crippen LogP contribution < -0.4 is 19.5 Å². The highest BCUT2D eigenvalue weighted by atomic mass is 19.1. The first-order chi connectivity index (χ1) is 19.9. The molecule has 1 atom stereocenters. The van der Waals surface area contributed by atoms with Gasteiger partial charge < -0.3 is 24.4 Å². The maximum atomic E-state index is 14.0. The van der Waals surface area contributed by atoms with Crippen molar-refractivity contribution in [2.24, 2.45) is 0 Å². The molecule has 2 amide bonds. The van der Waals surface area contributed by atoms with E-state index in [9.17, 15) is 14.0 Å². The summed E-state index contributed by atoms with van der Waals surface area (Å²) >= 11 is 0. The van der Waals surface area contributed by atoms with Gasteiger partial charge in [0.1, 0.15) is 17.6 Å². The Bertz CT molecular complexity index is 1460. The number of benzene rings is 4. The molecule has 8 heteroatoms. The third-order valence-corrected chi connectivity index (χ3v) is 6.71. The van der Waals surface area contributed by atoms with E-state index in [1.807, 2.05) is 54.6 Å². The van der Waals surface area contributed by atoms with Crippen LogP contribution in [-0.2, 0) is 29.1 Å². The Morgan fingerprint density at radius 3 is 2.07 bits per heavy atom. The van der Waals surface area contributed by atoms with Crippen LogP contribution in [-0.4, -0.2) is 38.0 Å². The molecule has 0 saturated heterocycles. The molecule has 0 saturated carbocycles. The normalized spacial score (nSPS) is 11.3. The summed E-state index contributed by atoms with van der Waals surface area (Å²) in [4.78, 5) is 29.4. The van der Waals surface area contributed by atoms with Crippen molar-refractivity contribution in [1.82, 2.24) is 10.2 Å². The molecule has 4 aromatic carbocycles. The van der Waals surface area contributed by atoms with Gasteiger partial charge in [-0.15, -0.1) is 0 Å². The summed E-state index contributed by atoms with van der Waals surface area (Å²) in [6.07, 6.45) is 0.00463. The number of para-hydroxylation sites is 1. The highest BCUT2D eigenvalue weighted by molar-refractivity contribution is 5.89. The summed E-state index contributed by atoms with van der Waals surface area (Å²) in [7, 11) is 4.65. The molecule has 0 aromatic heterocycles. The fourth-order valence-electron chi connectivity index (χ4n) is 4.61. The minimum Gasteiger partial charge on any atom is -0.496 e. The molecule has 0 aliphatic heterocycles. The van der Waals surface area contributed by atoms with Gasteiger partial charge in [0.15, 0.2) is 11.5 Å². The first-order valence-electron chi connectivity index (χ1n) is 13.1. The molecule has 0 bridgehead atoms. The standard InChI is InChI=1S/C33H33FN2O5/c1-39-28-12-8-7-11-26(28)21-35-33(38)32(25-9-5-4-6-10-25)36(22-23-13-16-27(34)17-14-23)31(37)20-24-15-18-29(40-2)30(19-24)41-3/h4-19,32H,20-22H2,1-3H3,(H,35,38)/t32-/m1/s1. The van der Waals surface area contributed by atoms with Gasteiger partial charge in [0.25, 0.3) is 0 Å². The molecule has 0 fully saturated rings. The lowest BCUT2D eigenvalue weighted by molar-refractivity contribution is -0.141. The number of nitrogens with zero attached hydrogens (tertiary/aromatic N) is 1. The summed E-state index contributed by atoms with van der Waals surface area (Å²) < 4.78 is 29.9. The van der Waals surface area contributed by atoms with E-state index in [-0.39, 0.29) is 37.1 Å². The SMILES string of the molecule is COc1ccccc1CNC(=O)[C@@H](c1ccccc1)N(Cc1ccc(F)cc1)C(=O)Cc1ccc(OC)c(OC)c1. The predicted octanol–water partition coefficient (Wildman–Crippen LogP) is 5.48. The molecule has 0 heterocycles. The second-order valence-electron chi connectivity index (χ2n) is 9.36. The molecule has 0 aliphatic rings. The van der Waals surface area contributed by atoms with E-state index >= 15 is 0 Å². The van der Waals surface area contributed by atoms with Crippen molar-refractivity contribution in [3.8, 4) is 17.2 Å². The molecule has 41 heavy (non-hydrogen) atoms. The Hall–Kier alpha value is -4.85. The van der Waals surface area contributed by atoms with Crippen molar-refractivity contribution < 1.29 is 28.2 Å². The van der Waals surface area contributed by atoms with Crippen LogP contribution in [0.3, 0.4) is 0 Å². The lowest BCUT2D eigenvalue weighted by atomic mass is 10.0. The van der Waals surface area contributed by atoms with Crippen LogP contribution in [0.1, 0.15) is 28.3 Å². The monoisotopic (exact) mass is 556 g/mol. The Kier molecular flexibility index (Phi) is 9.94. The summed E-state index contributed by atoms with van der Waals surface area (Å²) in [6, 6.07) is 26.8. The Balaban J connectivity index is 1.69. The third-order valence-electron chi connectivity index (χ3n) is 6.71. The average Bonchev–Trinajstić information content (AvgIpc) is 3.01. The molecule has 0 unspecified atom stereocenters. The fourth-order valence-corrected chi connectivity index (χ4v) is 4.61. The molecule has 0 radical (unpaired) electrons. The first-order valence-corrected chi connectivity index (χ1v) is 13.1. The quantitative estimate of drug-likeness (QED) is 0.250. The number of carbonyl (C=O) groups excluding carboxylic acids is 2. The van der Waals surface area contributed by atoms with Gasteiger partial charge in [-0.3, -0.25) is 9.59 Å². The third kappa shape index (κ3) is 7.42. The molecule has 0 spiro atoms. The molecule has 7 nitrogen and oxygen atoms in total. The topological polar surface area (TPSA) is 77.1 Å². The van der Waals surface area contributed by atoms with Crippen LogP contribution >= 0.6 is 0 Å². The van der Waals surface area contributed by atoms with Crippen LogP contribution in [0.4, 0.5) is 4.39 Å². The van der Waals surface area contributed by atoms with Crippen molar-refractivity contribution in [2.75, 3.05) is 21.3 Å². The van der Waals surface area contributed by atoms with E-state index in [4.69, 9.17) is 14.2 Å². The van der Waals surface area contributed by atoms with E-state index in [2.05, 4.69) is 5.32 Å². The zero-order valence-corrected chi connectivity index (χ0v) is 23.3. The Morgan fingerprint density at radius 2 is 1.39 bits per heavy atom. The summed E-state index contributed by atoms with van der Waals surface area (Å²) in [6.45, 7) is 0.300. The lowest BCUT2D eigenvalue weighted by Gasteiger charge is -2.32. The van der Waals surface area contributed by atoms with Gasteiger partial charge in [0, 0.05) is 18.7 Å². The van der Waals surface area contributed by atoms with Gasteiger partial charge in [-0.25, -0.2) is 4.39 Å². The number of halogens is 1. The average molecular weight is 557 g/mol. The highest BCUT2D eigenvalue weighted by Crippen LogP contribution is 2.30. The molecule has 212 valence electrons. The molecule has 4 aromatic rings. The number of ether oxygens (including phenoxy) is 3. The number of nitrogens with one attached hydrogen (secondary N) is 1. The zero-order valence-electron chi connectivity index (χ0n) is 23.3. The minimum atomic E-state index is -0.955. The number of amides is 2. The summed E-state index contributed by atoms with van der Waals surface area (Å²) in [5.41, 5.74) is 2.83. The molecule has 4 rings (SSSR count). The smallest absolute Gasteiger partial charge is 0.247 e. The van der Waals surface area contributed by atoms with Crippen molar-refractivity contribution in [2.45, 2.75) is 25.6 Å². The van der Waals surface area contributed by atoms with Crippen LogP contribution in [0, 0.1) is 5.82 Å². The van der Waals surface area contributed by atoms with Crippen molar-refractivity contribution in [1.29, 1.82) is 0 Å². The molecular weight excluding hydrogens is 523 g/mol. The molecular formula is C33H33FN2O5. The van der Waals surface area contributed by atoms with Crippen LogP contribution in [0.15, 0.2) is 97.1 Å². The van der Waals surface area contributed by atoms with Gasteiger partial charge in [0.05, 0.1) is 27.8 Å². The number of methoxy groups -OCH3 is 3. The second-order valence-corrected chi connectivity index (χ2v) is 9.36. The van der Waals surface area contributed by atoms with Gasteiger partial charge in [-0.05, 0) is 47.0 Å². The number of hydrogen-bond donors (Lipinski definition) is 1. The largest absolute Gasteiger partial charge is 0.496 e. The van der Waals surface area contributed by atoms with Gasteiger partial charge in [0.2, 0.25) is 11.8 Å². The van der Waals surface area contributed by atoms with E-state index in [0.717, 1.165) is 5.56 Å². The predicted molar refractivity (Wildman–Crippen MR) is 154 cm³/mol. The summed E-state index contributed by atoms with van der Waals surface area (Å²) in [5, 5.41) is 2.99. The van der Waals surface area contributed by atoms with Crippen LogP contribution in [0.25, 0.3) is 0 Å². The van der Waals surface area contributed by atoms with Crippen LogP contribution in [0.2, 0.25) is 0 Å². The Labute approximate surface area is 239 Å². The number of hydrogen-bond acceptors (Lipinski definition) is 5. The minimum absolute atomic E-state index is 0.00463. The van der Waals surface area contributed by atoms with E-state index in [1.165, 1.54) is 24.1 Å². The highest BCUT2D eigenvalue weighted by Gasteiger charge is 2.32. The maximum absolute atomic E-state index is 14.0. The van der Waals surface area contributed by atoms with Crippen LogP contribution in [0.5, 0.6) is 17.2 Å². The first kappa shape index (κ1) is 29.1. The van der Waals surface area contributed by atoms with Gasteiger partial charge >= 0.3 is 0 Å². The molecule has 1 N–H and O–H groups in total. The molecule has 0 aliphatic carbocycles. The second kappa shape index (κ2) is 14.0. The lowest BCUT2D eigenvalue weighted by Crippen LogP contribution is -2.43. The van der Waals surface area contributed by atoms with E-state index in [0.29, 0.717) is 33.9 Å². The zero-order chi connectivity index (χ0) is 29.2. The van der Waals surface area contributed by atoms with E-state index in [1.54, 1.807) is 44.6 Å². The van der Waals surface area contributed by atoms with Gasteiger partial charge in [-0.2, -0.15) is 0 Å². The van der Waals surface area contributed by atoms with Crippen molar-refractivity contribution in [3.63, 3.8) is 0 Å². The van der Waals surface area contributed by atoms with Crippen molar-refractivity contribution in [3.05, 3.63) is 125 Å².